The van der Waals surface area contributed by atoms with Crippen molar-refractivity contribution in [1.82, 2.24) is 0 Å². The highest BCUT2D eigenvalue weighted by molar-refractivity contribution is 7.39. The summed E-state index contributed by atoms with van der Waals surface area (Å²) < 4.78 is 0. The van der Waals surface area contributed by atoms with Gasteiger partial charge in [0, 0.05) is 0 Å². The van der Waals surface area contributed by atoms with Gasteiger partial charge in [-0.05, 0) is 16.9 Å². The van der Waals surface area contributed by atoms with Gasteiger partial charge in [-0.25, -0.2) is 0 Å². The molecule has 1 unspecified atom stereocenters. The molecule has 0 amide bonds. The van der Waals surface area contributed by atoms with Gasteiger partial charge in [-0.15, -0.1) is 8.58 Å². The quantitative estimate of drug-likeness (QED) is 0.609. The summed E-state index contributed by atoms with van der Waals surface area (Å²) in [5.41, 5.74) is 1.46. The van der Waals surface area contributed by atoms with Crippen LogP contribution in [0.1, 0.15) is 26.3 Å². The highest BCUT2D eigenvalue weighted by atomic mass is 31.1. The van der Waals surface area contributed by atoms with Gasteiger partial charge in [0.2, 0.25) is 0 Å². The first-order chi connectivity index (χ1) is 5.58. The van der Waals surface area contributed by atoms with Crippen molar-refractivity contribution in [2.75, 3.05) is 0 Å². The van der Waals surface area contributed by atoms with Crippen LogP contribution in [0.15, 0.2) is 30.3 Å². The van der Waals surface area contributed by atoms with Gasteiger partial charge in [0.15, 0.2) is 0 Å². The van der Waals surface area contributed by atoms with E-state index >= 15 is 0 Å². The van der Waals surface area contributed by atoms with E-state index in [2.05, 4.69) is 51.1 Å². The third kappa shape index (κ3) is 3.88. The van der Waals surface area contributed by atoms with Crippen LogP contribution in [0, 0.1) is 0 Å². The predicted molar refractivity (Wildman–Crippen MR) is 58.2 cm³/mol. The van der Waals surface area contributed by atoms with Crippen molar-refractivity contribution in [2.45, 2.75) is 32.1 Å². The number of benzene rings is 1. The van der Waals surface area contributed by atoms with Gasteiger partial charge >= 0.3 is 0 Å². The molecule has 0 bridgehead atoms. The Labute approximate surface area is 77.2 Å². The second kappa shape index (κ2) is 4.05. The summed E-state index contributed by atoms with van der Waals surface area (Å²) in [5.74, 6) is 0. The van der Waals surface area contributed by atoms with Crippen molar-refractivity contribution in [3.05, 3.63) is 35.9 Å². The molecule has 0 aliphatic rings. The summed E-state index contributed by atoms with van der Waals surface area (Å²) in [7, 11) is 1.02. The molecule has 1 aromatic carbocycles. The number of rotatable bonds is 2. The molecule has 0 saturated carbocycles. The molecule has 0 N–H and O–H groups in total. The highest BCUT2D eigenvalue weighted by Crippen LogP contribution is 2.33. The van der Waals surface area contributed by atoms with Crippen molar-refractivity contribution >= 4 is 8.58 Å². The topological polar surface area (TPSA) is 0 Å². The van der Waals surface area contributed by atoms with Gasteiger partial charge in [0.05, 0.1) is 0 Å². The van der Waals surface area contributed by atoms with E-state index in [-0.39, 0.29) is 0 Å². The fourth-order valence-electron chi connectivity index (χ4n) is 0.963. The zero-order chi connectivity index (χ0) is 9.03. The minimum absolute atomic E-state index is 0.482. The summed E-state index contributed by atoms with van der Waals surface area (Å²) in [4.78, 5) is 0. The van der Waals surface area contributed by atoms with Gasteiger partial charge in [0.25, 0.3) is 0 Å². The van der Waals surface area contributed by atoms with Gasteiger partial charge in [-0.3, -0.25) is 0 Å². The molecule has 1 rings (SSSR count). The predicted octanol–water partition coefficient (Wildman–Crippen LogP) is 3.66. The molecule has 0 aliphatic heterocycles. The van der Waals surface area contributed by atoms with Gasteiger partial charge in [-0.2, -0.15) is 0 Å². The first-order valence-electron chi connectivity index (χ1n) is 4.37. The molecule has 0 nitrogen and oxygen atoms in total. The van der Waals surface area contributed by atoms with Crippen molar-refractivity contribution in [3.8, 4) is 0 Å². The molecule has 0 heterocycles. The number of hydrogen-bond donors (Lipinski definition) is 0. The maximum absolute atomic E-state index is 2.30. The average Bonchev–Trinajstić information content (AvgIpc) is 2.02. The molecule has 12 heavy (non-hydrogen) atoms. The Morgan fingerprint density at radius 3 is 2.17 bits per heavy atom. The molecular weight excluding hydrogens is 163 g/mol. The molecule has 1 atom stereocenters. The van der Waals surface area contributed by atoms with E-state index < -0.39 is 0 Å². The van der Waals surface area contributed by atoms with Crippen LogP contribution in [0.5, 0.6) is 0 Å². The van der Waals surface area contributed by atoms with Gasteiger partial charge in [0.1, 0.15) is 0 Å². The third-order valence-electron chi connectivity index (χ3n) is 1.67. The van der Waals surface area contributed by atoms with Crippen molar-refractivity contribution in [1.29, 1.82) is 0 Å². The maximum Gasteiger partial charge on any atom is -0.00959 e. The summed E-state index contributed by atoms with van der Waals surface area (Å²) in [6.07, 6.45) is 1.23. The summed E-state index contributed by atoms with van der Waals surface area (Å²) >= 11 is 0. The smallest absolute Gasteiger partial charge is 0.00959 e. The zero-order valence-corrected chi connectivity index (χ0v) is 9.09. The molecule has 0 saturated heterocycles. The van der Waals surface area contributed by atoms with E-state index in [0.717, 1.165) is 8.58 Å². The van der Waals surface area contributed by atoms with Crippen molar-refractivity contribution < 1.29 is 0 Å². The van der Waals surface area contributed by atoms with E-state index in [1.165, 1.54) is 11.7 Å². The summed E-state index contributed by atoms with van der Waals surface area (Å²) in [6, 6.07) is 10.7. The lowest BCUT2D eigenvalue weighted by molar-refractivity contribution is 0.792. The minimum atomic E-state index is 0.482. The monoisotopic (exact) mass is 180 g/mol. The standard InChI is InChI=1S/C11H17P/c1-11(2,3)12-9-10-7-5-4-6-8-10/h4-8,12H,9H2,1-3H3. The highest BCUT2D eigenvalue weighted by Gasteiger charge is 2.08. The van der Waals surface area contributed by atoms with Gasteiger partial charge < -0.3 is 0 Å². The molecule has 1 aromatic rings. The molecule has 0 fully saturated rings. The van der Waals surface area contributed by atoms with Crippen LogP contribution in [0.3, 0.4) is 0 Å². The lowest BCUT2D eigenvalue weighted by atomic mass is 10.2. The lowest BCUT2D eigenvalue weighted by Crippen LogP contribution is -2.04. The van der Waals surface area contributed by atoms with Crippen LogP contribution in [-0.4, -0.2) is 5.16 Å². The van der Waals surface area contributed by atoms with Gasteiger partial charge in [-0.1, -0.05) is 51.1 Å². The Balaban J connectivity index is 2.44. The third-order valence-corrected chi connectivity index (χ3v) is 3.31. The second-order valence-electron chi connectivity index (χ2n) is 4.09. The fraction of sp³-hybridized carbons (Fsp3) is 0.455. The summed E-state index contributed by atoms with van der Waals surface area (Å²) in [6.45, 7) is 6.90. The first-order valence-corrected chi connectivity index (χ1v) is 5.57. The Morgan fingerprint density at radius 2 is 1.67 bits per heavy atom. The Kier molecular flexibility index (Phi) is 3.29. The fourth-order valence-corrected chi connectivity index (χ4v) is 1.93. The number of hydrogen-bond acceptors (Lipinski definition) is 0. The first kappa shape index (κ1) is 9.74. The normalized spacial score (nSPS) is 12.6. The second-order valence-corrected chi connectivity index (χ2v) is 6.30. The minimum Gasteiger partial charge on any atom is -0.112 e. The van der Waals surface area contributed by atoms with Crippen LogP contribution in [0.25, 0.3) is 0 Å². The maximum atomic E-state index is 2.30. The van der Waals surface area contributed by atoms with E-state index in [4.69, 9.17) is 0 Å². The molecular formula is C11H17P. The SMILES string of the molecule is CC(C)(C)PCc1ccccc1. The molecule has 0 radical (unpaired) electrons. The Morgan fingerprint density at radius 1 is 1.08 bits per heavy atom. The van der Waals surface area contributed by atoms with E-state index in [1.54, 1.807) is 0 Å². The van der Waals surface area contributed by atoms with Crippen LogP contribution in [0.4, 0.5) is 0 Å². The van der Waals surface area contributed by atoms with Crippen molar-refractivity contribution in [2.24, 2.45) is 0 Å². The van der Waals surface area contributed by atoms with Crippen LogP contribution in [0.2, 0.25) is 0 Å². The average molecular weight is 180 g/mol. The largest absolute Gasteiger partial charge is 0.112 e. The van der Waals surface area contributed by atoms with E-state index in [1.807, 2.05) is 0 Å². The molecule has 66 valence electrons. The van der Waals surface area contributed by atoms with Crippen molar-refractivity contribution in [3.63, 3.8) is 0 Å². The molecule has 0 spiro atoms. The molecule has 0 aliphatic carbocycles. The molecule has 1 heteroatoms. The van der Waals surface area contributed by atoms with Crippen LogP contribution >= 0.6 is 8.58 Å². The van der Waals surface area contributed by atoms with E-state index in [9.17, 15) is 0 Å². The van der Waals surface area contributed by atoms with Crippen LogP contribution in [-0.2, 0) is 6.16 Å². The molecule has 0 aromatic heterocycles. The zero-order valence-electron chi connectivity index (χ0n) is 8.09. The Hall–Kier alpha value is -0.350. The summed E-state index contributed by atoms with van der Waals surface area (Å²) in [5, 5.41) is 0.482. The Bertz CT molecular complexity index is 221. The van der Waals surface area contributed by atoms with Crippen LogP contribution < -0.4 is 0 Å². The van der Waals surface area contributed by atoms with E-state index in [0.29, 0.717) is 5.16 Å². The lowest BCUT2D eigenvalue weighted by Gasteiger charge is -2.17.